The van der Waals surface area contributed by atoms with Crippen LogP contribution in [0.4, 0.5) is 8.78 Å². The van der Waals surface area contributed by atoms with Crippen LogP contribution in [0.3, 0.4) is 0 Å². The van der Waals surface area contributed by atoms with E-state index in [-0.39, 0.29) is 28.3 Å². The number of nitrogens with zero attached hydrogens (tertiary/aromatic N) is 2. The zero-order valence-electron chi connectivity index (χ0n) is 16.6. The van der Waals surface area contributed by atoms with Crippen molar-refractivity contribution in [3.63, 3.8) is 0 Å². The molecule has 0 aliphatic carbocycles. The number of fused-ring (bicyclic) bond motifs is 1. The molecule has 2 atom stereocenters. The highest BCUT2D eigenvalue weighted by Crippen LogP contribution is 2.37. The Morgan fingerprint density at radius 2 is 1.90 bits per heavy atom. The number of rotatable bonds is 4. The van der Waals surface area contributed by atoms with Crippen molar-refractivity contribution >= 4 is 29.1 Å². The van der Waals surface area contributed by atoms with Gasteiger partial charge < -0.3 is 14.7 Å². The van der Waals surface area contributed by atoms with E-state index in [2.05, 4.69) is 9.64 Å². The van der Waals surface area contributed by atoms with Gasteiger partial charge in [0.15, 0.2) is 0 Å². The molecule has 0 radical (unpaired) electrons. The van der Waals surface area contributed by atoms with Gasteiger partial charge in [0.1, 0.15) is 11.4 Å². The van der Waals surface area contributed by atoms with Gasteiger partial charge in [-0.3, -0.25) is 9.69 Å². The Kier molecular flexibility index (Phi) is 6.40. The molecule has 0 spiro atoms. The van der Waals surface area contributed by atoms with Gasteiger partial charge >= 0.3 is 6.61 Å². The molecule has 0 aromatic heterocycles. The molecular formula is C22H22Cl2F2N2O3. The van der Waals surface area contributed by atoms with Gasteiger partial charge in [-0.05, 0) is 42.7 Å². The molecule has 4 rings (SSSR count). The van der Waals surface area contributed by atoms with Crippen molar-refractivity contribution in [2.45, 2.75) is 31.1 Å². The highest BCUT2D eigenvalue weighted by atomic mass is 35.5. The standard InChI is InChI=1S/C22H22Cl2F2N2O3/c23-15-6-4-14(5-7-15)22(30)9-8-16-12-27(10-11-28(16)13-22)20(29)17-2-1-3-18(19(17)24)31-21(25)26/h1-7,16,21,30H,8-13H2/t16-,22-/m1/s1. The number of amides is 1. The topological polar surface area (TPSA) is 53.0 Å². The monoisotopic (exact) mass is 470 g/mol. The molecule has 0 saturated carbocycles. The van der Waals surface area contributed by atoms with Gasteiger partial charge in [0.25, 0.3) is 5.91 Å². The molecule has 2 fully saturated rings. The van der Waals surface area contributed by atoms with Crippen LogP contribution < -0.4 is 4.74 Å². The lowest BCUT2D eigenvalue weighted by Gasteiger charge is -2.49. The molecule has 1 N–H and O–H groups in total. The van der Waals surface area contributed by atoms with Crippen molar-refractivity contribution in [2.75, 3.05) is 26.2 Å². The lowest BCUT2D eigenvalue weighted by molar-refractivity contribution is -0.0740. The minimum Gasteiger partial charge on any atom is -0.433 e. The third-order valence-electron chi connectivity index (χ3n) is 6.04. The van der Waals surface area contributed by atoms with Crippen molar-refractivity contribution < 1.29 is 23.4 Å². The predicted molar refractivity (Wildman–Crippen MR) is 114 cm³/mol. The first kappa shape index (κ1) is 22.3. The van der Waals surface area contributed by atoms with Gasteiger partial charge in [-0.2, -0.15) is 8.78 Å². The maximum atomic E-state index is 13.0. The van der Waals surface area contributed by atoms with Crippen molar-refractivity contribution in [3.05, 3.63) is 63.6 Å². The average molecular weight is 471 g/mol. The third-order valence-corrected chi connectivity index (χ3v) is 6.68. The predicted octanol–water partition coefficient (Wildman–Crippen LogP) is 4.40. The molecule has 2 heterocycles. The van der Waals surface area contributed by atoms with Crippen LogP contribution in [0, 0.1) is 0 Å². The van der Waals surface area contributed by atoms with Crippen LogP contribution in [-0.2, 0) is 5.60 Å². The van der Waals surface area contributed by atoms with E-state index in [9.17, 15) is 18.7 Å². The molecule has 2 saturated heterocycles. The Morgan fingerprint density at radius 1 is 1.16 bits per heavy atom. The maximum Gasteiger partial charge on any atom is 0.387 e. The molecule has 2 aliphatic rings. The molecule has 5 nitrogen and oxygen atoms in total. The highest BCUT2D eigenvalue weighted by molar-refractivity contribution is 6.35. The normalized spacial score (nSPS) is 24.2. The fourth-order valence-corrected chi connectivity index (χ4v) is 4.79. The Hall–Kier alpha value is -1.93. The maximum absolute atomic E-state index is 13.0. The number of piperidine rings is 1. The molecule has 9 heteroatoms. The van der Waals surface area contributed by atoms with Crippen molar-refractivity contribution in [2.24, 2.45) is 0 Å². The highest BCUT2D eigenvalue weighted by Gasteiger charge is 2.42. The lowest BCUT2D eigenvalue weighted by Crippen LogP contribution is -2.60. The Labute approximate surface area is 189 Å². The van der Waals surface area contributed by atoms with E-state index in [4.69, 9.17) is 23.2 Å². The molecule has 0 unspecified atom stereocenters. The van der Waals surface area contributed by atoms with E-state index in [1.165, 1.54) is 18.2 Å². The molecule has 2 aliphatic heterocycles. The molecule has 0 bridgehead atoms. The van der Waals surface area contributed by atoms with E-state index in [0.29, 0.717) is 44.0 Å². The smallest absolute Gasteiger partial charge is 0.387 e. The molecule has 2 aromatic rings. The van der Waals surface area contributed by atoms with E-state index < -0.39 is 12.2 Å². The number of piperazine rings is 1. The van der Waals surface area contributed by atoms with Gasteiger partial charge in [-0.25, -0.2) is 0 Å². The zero-order chi connectivity index (χ0) is 22.2. The number of carbonyl (C=O) groups is 1. The van der Waals surface area contributed by atoms with E-state index >= 15 is 0 Å². The summed E-state index contributed by atoms with van der Waals surface area (Å²) in [6.45, 7) is -1.03. The minimum atomic E-state index is -3.02. The number of aliphatic hydroxyl groups is 1. The minimum absolute atomic E-state index is 0.101. The first-order valence-electron chi connectivity index (χ1n) is 10.0. The first-order chi connectivity index (χ1) is 14.8. The summed E-state index contributed by atoms with van der Waals surface area (Å²) < 4.78 is 29.5. The van der Waals surface area contributed by atoms with Crippen LogP contribution in [0.5, 0.6) is 5.75 Å². The molecular weight excluding hydrogens is 449 g/mol. The number of alkyl halides is 2. The van der Waals surface area contributed by atoms with Crippen molar-refractivity contribution in [1.82, 2.24) is 9.80 Å². The van der Waals surface area contributed by atoms with Crippen LogP contribution in [0.2, 0.25) is 10.0 Å². The SMILES string of the molecule is O=C(c1cccc(OC(F)F)c1Cl)N1CCN2C[C@@](O)(c3ccc(Cl)cc3)CC[C@@H]2C1. The van der Waals surface area contributed by atoms with Crippen LogP contribution in [0.25, 0.3) is 0 Å². The van der Waals surface area contributed by atoms with E-state index in [1.807, 2.05) is 12.1 Å². The van der Waals surface area contributed by atoms with Crippen LogP contribution in [-0.4, -0.2) is 59.6 Å². The molecule has 2 aromatic carbocycles. The second-order valence-electron chi connectivity index (χ2n) is 7.95. The van der Waals surface area contributed by atoms with Crippen molar-refractivity contribution in [3.8, 4) is 5.75 Å². The Morgan fingerprint density at radius 3 is 2.61 bits per heavy atom. The Balaban J connectivity index is 1.45. The number of benzene rings is 2. The van der Waals surface area contributed by atoms with Gasteiger partial charge in [0, 0.05) is 37.2 Å². The summed E-state index contributed by atoms with van der Waals surface area (Å²) in [5.41, 5.74) is 0.00979. The fraction of sp³-hybridized carbons (Fsp3) is 0.409. The molecule has 31 heavy (non-hydrogen) atoms. The van der Waals surface area contributed by atoms with E-state index in [0.717, 1.165) is 5.56 Å². The van der Waals surface area contributed by atoms with Gasteiger partial charge in [-0.15, -0.1) is 0 Å². The average Bonchev–Trinajstić information content (AvgIpc) is 2.74. The van der Waals surface area contributed by atoms with E-state index in [1.54, 1.807) is 17.0 Å². The van der Waals surface area contributed by atoms with Gasteiger partial charge in [-0.1, -0.05) is 41.4 Å². The summed E-state index contributed by atoms with van der Waals surface area (Å²) in [6, 6.07) is 11.6. The first-order valence-corrected chi connectivity index (χ1v) is 10.8. The number of carbonyl (C=O) groups excluding carboxylic acids is 1. The largest absolute Gasteiger partial charge is 0.433 e. The summed E-state index contributed by atoms with van der Waals surface area (Å²) in [5, 5.41) is 11.7. The fourth-order valence-electron chi connectivity index (χ4n) is 4.41. The summed E-state index contributed by atoms with van der Waals surface area (Å²) in [4.78, 5) is 16.9. The Bertz CT molecular complexity index is 960. The van der Waals surface area contributed by atoms with Gasteiger partial charge in [0.2, 0.25) is 0 Å². The summed E-state index contributed by atoms with van der Waals surface area (Å²) >= 11 is 12.1. The summed E-state index contributed by atoms with van der Waals surface area (Å²) in [5.74, 6) is -0.533. The number of hydrogen-bond donors (Lipinski definition) is 1. The lowest BCUT2D eigenvalue weighted by atomic mass is 9.82. The third kappa shape index (κ3) is 4.65. The van der Waals surface area contributed by atoms with Crippen molar-refractivity contribution in [1.29, 1.82) is 0 Å². The van der Waals surface area contributed by atoms with Gasteiger partial charge in [0.05, 0.1) is 10.6 Å². The summed E-state index contributed by atoms with van der Waals surface area (Å²) in [7, 11) is 0. The quantitative estimate of drug-likeness (QED) is 0.719. The molecule has 166 valence electrons. The zero-order valence-corrected chi connectivity index (χ0v) is 18.1. The number of ether oxygens (including phenoxy) is 1. The van der Waals surface area contributed by atoms with Crippen LogP contribution in [0.15, 0.2) is 42.5 Å². The molecule has 1 amide bonds. The van der Waals surface area contributed by atoms with Crippen LogP contribution in [0.1, 0.15) is 28.8 Å². The number of halogens is 4. The second-order valence-corrected chi connectivity index (χ2v) is 8.76. The second kappa shape index (κ2) is 8.90. The van der Waals surface area contributed by atoms with Crippen LogP contribution >= 0.6 is 23.2 Å². The summed E-state index contributed by atoms with van der Waals surface area (Å²) in [6.07, 6.45) is 1.28. The number of hydrogen-bond acceptors (Lipinski definition) is 4.